The third kappa shape index (κ3) is 2.36. The smallest absolute Gasteiger partial charge is 0.299 e. The number of nitro groups is 1. The normalized spacial score (nSPS) is 16.6. The number of nitrogens with zero attached hydrogens (tertiary/aromatic N) is 2. The lowest BCUT2D eigenvalue weighted by molar-refractivity contribution is -0.387. The summed E-state index contributed by atoms with van der Waals surface area (Å²) in [6.45, 7) is 2.71. The SMILES string of the molecule is O=[N+]([O-])c1cc(CN2CCCC2)ccc1F. The summed E-state index contributed by atoms with van der Waals surface area (Å²) in [7, 11) is 0. The summed E-state index contributed by atoms with van der Waals surface area (Å²) < 4.78 is 13.1. The number of rotatable bonds is 3. The Bertz CT molecular complexity index is 403. The Morgan fingerprint density at radius 3 is 2.69 bits per heavy atom. The topological polar surface area (TPSA) is 46.4 Å². The van der Waals surface area contributed by atoms with Crippen LogP contribution in [0.5, 0.6) is 0 Å². The van der Waals surface area contributed by atoms with Crippen molar-refractivity contribution >= 4 is 5.69 Å². The van der Waals surface area contributed by atoms with Crippen molar-refractivity contribution in [2.75, 3.05) is 13.1 Å². The van der Waals surface area contributed by atoms with Gasteiger partial charge in [0.05, 0.1) is 4.92 Å². The van der Waals surface area contributed by atoms with E-state index in [2.05, 4.69) is 4.90 Å². The molecule has 0 aromatic heterocycles. The van der Waals surface area contributed by atoms with Crippen molar-refractivity contribution < 1.29 is 9.31 Å². The number of halogens is 1. The minimum atomic E-state index is -0.768. The zero-order chi connectivity index (χ0) is 11.5. The monoisotopic (exact) mass is 224 g/mol. The van der Waals surface area contributed by atoms with Crippen LogP contribution in [0.15, 0.2) is 18.2 Å². The van der Waals surface area contributed by atoms with E-state index in [0.717, 1.165) is 18.7 Å². The Labute approximate surface area is 92.8 Å². The molecule has 1 aromatic rings. The van der Waals surface area contributed by atoms with Gasteiger partial charge in [-0.3, -0.25) is 15.0 Å². The number of hydrogen-bond acceptors (Lipinski definition) is 3. The molecule has 0 bridgehead atoms. The van der Waals surface area contributed by atoms with Crippen molar-refractivity contribution in [1.82, 2.24) is 4.90 Å². The minimum Gasteiger partial charge on any atom is -0.299 e. The molecular formula is C11H13FN2O2. The van der Waals surface area contributed by atoms with Gasteiger partial charge in [-0.1, -0.05) is 6.07 Å². The van der Waals surface area contributed by atoms with Crippen LogP contribution in [0.25, 0.3) is 0 Å². The lowest BCUT2D eigenvalue weighted by Gasteiger charge is -2.14. The molecule has 2 rings (SSSR count). The van der Waals surface area contributed by atoms with E-state index in [0.29, 0.717) is 6.54 Å². The molecule has 0 amide bonds. The standard InChI is InChI=1S/C11H13FN2O2/c12-10-4-3-9(7-11(10)14(15)16)8-13-5-1-2-6-13/h3-4,7H,1-2,5-6,8H2. The van der Waals surface area contributed by atoms with Crippen LogP contribution in [-0.2, 0) is 6.54 Å². The minimum absolute atomic E-state index is 0.434. The van der Waals surface area contributed by atoms with Gasteiger partial charge in [-0.05, 0) is 37.6 Å². The molecule has 1 aliphatic rings. The van der Waals surface area contributed by atoms with E-state index in [1.807, 2.05) is 0 Å². The number of likely N-dealkylation sites (tertiary alicyclic amines) is 1. The molecule has 1 aliphatic heterocycles. The number of hydrogen-bond donors (Lipinski definition) is 0. The van der Waals surface area contributed by atoms with E-state index in [1.54, 1.807) is 6.07 Å². The molecule has 0 radical (unpaired) electrons. The van der Waals surface area contributed by atoms with Crippen molar-refractivity contribution in [1.29, 1.82) is 0 Å². The highest BCUT2D eigenvalue weighted by molar-refractivity contribution is 5.36. The van der Waals surface area contributed by atoms with E-state index in [-0.39, 0.29) is 0 Å². The van der Waals surface area contributed by atoms with Gasteiger partial charge in [-0.2, -0.15) is 4.39 Å². The highest BCUT2D eigenvalue weighted by Crippen LogP contribution is 2.20. The second-order valence-corrected chi connectivity index (χ2v) is 4.03. The first-order chi connectivity index (χ1) is 7.66. The Morgan fingerprint density at radius 2 is 2.06 bits per heavy atom. The predicted molar refractivity (Wildman–Crippen MR) is 57.6 cm³/mol. The molecule has 0 N–H and O–H groups in total. The van der Waals surface area contributed by atoms with Crippen LogP contribution in [-0.4, -0.2) is 22.9 Å². The zero-order valence-electron chi connectivity index (χ0n) is 8.86. The van der Waals surface area contributed by atoms with Crippen LogP contribution in [0, 0.1) is 15.9 Å². The Kier molecular flexibility index (Phi) is 3.14. The highest BCUT2D eigenvalue weighted by Gasteiger charge is 2.17. The first-order valence-corrected chi connectivity index (χ1v) is 5.32. The van der Waals surface area contributed by atoms with E-state index in [4.69, 9.17) is 0 Å². The molecule has 5 heteroatoms. The molecule has 1 heterocycles. The molecule has 0 atom stereocenters. The summed E-state index contributed by atoms with van der Waals surface area (Å²) in [6.07, 6.45) is 2.34. The van der Waals surface area contributed by atoms with Crippen LogP contribution >= 0.6 is 0 Å². The molecule has 0 aliphatic carbocycles. The van der Waals surface area contributed by atoms with Crippen molar-refractivity contribution in [2.45, 2.75) is 19.4 Å². The van der Waals surface area contributed by atoms with Crippen molar-refractivity contribution in [3.8, 4) is 0 Å². The third-order valence-corrected chi connectivity index (χ3v) is 2.81. The Hall–Kier alpha value is -1.49. The summed E-state index contributed by atoms with van der Waals surface area (Å²) in [6, 6.07) is 4.11. The van der Waals surface area contributed by atoms with Gasteiger partial charge in [0, 0.05) is 12.6 Å². The van der Waals surface area contributed by atoms with Crippen LogP contribution < -0.4 is 0 Å². The van der Waals surface area contributed by atoms with Gasteiger partial charge in [0.15, 0.2) is 0 Å². The molecular weight excluding hydrogens is 211 g/mol. The first kappa shape index (κ1) is 11.0. The average molecular weight is 224 g/mol. The van der Waals surface area contributed by atoms with Gasteiger partial charge in [0.2, 0.25) is 5.82 Å². The summed E-state index contributed by atoms with van der Waals surface area (Å²) in [5.74, 6) is -0.768. The molecule has 0 saturated carbocycles. The quantitative estimate of drug-likeness (QED) is 0.584. The van der Waals surface area contributed by atoms with E-state index in [9.17, 15) is 14.5 Å². The van der Waals surface area contributed by atoms with Gasteiger partial charge in [0.25, 0.3) is 0 Å². The lowest BCUT2D eigenvalue weighted by Crippen LogP contribution is -2.18. The van der Waals surface area contributed by atoms with Gasteiger partial charge < -0.3 is 0 Å². The van der Waals surface area contributed by atoms with Gasteiger partial charge in [-0.15, -0.1) is 0 Å². The Balaban J connectivity index is 2.15. The van der Waals surface area contributed by atoms with Crippen molar-refractivity contribution in [3.05, 3.63) is 39.7 Å². The van der Waals surface area contributed by atoms with E-state index >= 15 is 0 Å². The summed E-state index contributed by atoms with van der Waals surface area (Å²) in [5.41, 5.74) is 0.367. The lowest BCUT2D eigenvalue weighted by atomic mass is 10.2. The fraction of sp³-hybridized carbons (Fsp3) is 0.455. The number of nitro benzene ring substituents is 1. The van der Waals surface area contributed by atoms with E-state index < -0.39 is 16.4 Å². The fourth-order valence-electron chi connectivity index (χ4n) is 2.00. The number of benzene rings is 1. The van der Waals surface area contributed by atoms with Crippen LogP contribution in [0.4, 0.5) is 10.1 Å². The van der Waals surface area contributed by atoms with Crippen LogP contribution in [0.1, 0.15) is 18.4 Å². The summed E-state index contributed by atoms with van der Waals surface area (Å²) in [5, 5.41) is 10.6. The highest BCUT2D eigenvalue weighted by atomic mass is 19.1. The van der Waals surface area contributed by atoms with Crippen molar-refractivity contribution in [3.63, 3.8) is 0 Å². The predicted octanol–water partition coefficient (Wildman–Crippen LogP) is 2.33. The maximum Gasteiger partial charge on any atom is 0.305 e. The molecule has 0 unspecified atom stereocenters. The third-order valence-electron chi connectivity index (χ3n) is 2.81. The maximum absolute atomic E-state index is 13.1. The molecule has 4 nitrogen and oxygen atoms in total. The van der Waals surface area contributed by atoms with Crippen LogP contribution in [0.2, 0.25) is 0 Å². The first-order valence-electron chi connectivity index (χ1n) is 5.32. The van der Waals surface area contributed by atoms with E-state index in [1.165, 1.54) is 25.0 Å². The largest absolute Gasteiger partial charge is 0.305 e. The average Bonchev–Trinajstić information content (AvgIpc) is 2.73. The Morgan fingerprint density at radius 1 is 1.38 bits per heavy atom. The van der Waals surface area contributed by atoms with Crippen molar-refractivity contribution in [2.24, 2.45) is 0 Å². The second-order valence-electron chi connectivity index (χ2n) is 4.03. The summed E-state index contributed by atoms with van der Waals surface area (Å²) in [4.78, 5) is 12.1. The van der Waals surface area contributed by atoms with Gasteiger partial charge in [-0.25, -0.2) is 0 Å². The van der Waals surface area contributed by atoms with Gasteiger partial charge >= 0.3 is 5.69 Å². The molecule has 0 spiro atoms. The molecule has 1 saturated heterocycles. The van der Waals surface area contributed by atoms with Crippen LogP contribution in [0.3, 0.4) is 0 Å². The fourth-order valence-corrected chi connectivity index (χ4v) is 2.00. The van der Waals surface area contributed by atoms with Gasteiger partial charge in [0.1, 0.15) is 0 Å². The second kappa shape index (κ2) is 4.57. The molecule has 1 aromatic carbocycles. The zero-order valence-corrected chi connectivity index (χ0v) is 8.86. The molecule has 1 fully saturated rings. The molecule has 16 heavy (non-hydrogen) atoms. The maximum atomic E-state index is 13.1. The molecule has 86 valence electrons. The summed E-state index contributed by atoms with van der Waals surface area (Å²) >= 11 is 0.